The number of piperidine rings is 1. The summed E-state index contributed by atoms with van der Waals surface area (Å²) in [5.41, 5.74) is 2.61. The van der Waals surface area contributed by atoms with Crippen LogP contribution in [0.4, 0.5) is 0 Å². The van der Waals surface area contributed by atoms with Gasteiger partial charge >= 0.3 is 0 Å². The van der Waals surface area contributed by atoms with E-state index in [1.165, 1.54) is 11.1 Å². The number of carbonyl (C=O) groups excluding carboxylic acids is 1. The van der Waals surface area contributed by atoms with Crippen molar-refractivity contribution in [1.82, 2.24) is 4.90 Å². The van der Waals surface area contributed by atoms with Gasteiger partial charge < -0.3 is 10.0 Å². The summed E-state index contributed by atoms with van der Waals surface area (Å²) in [5.74, 6) is 0.0297. The van der Waals surface area contributed by atoms with Crippen LogP contribution in [0.3, 0.4) is 0 Å². The average molecular weight is 326 g/mol. The largest absolute Gasteiger partial charge is 0.391 e. The first-order valence-electron chi connectivity index (χ1n) is 8.55. The van der Waals surface area contributed by atoms with E-state index in [9.17, 15) is 15.2 Å². The Labute approximate surface area is 144 Å². The molecule has 1 heterocycles. The van der Waals surface area contributed by atoms with Crippen LogP contribution in [0.1, 0.15) is 31.4 Å². The first-order valence-corrected chi connectivity index (χ1v) is 8.55. The first kappa shape index (κ1) is 18.2. The van der Waals surface area contributed by atoms with Crippen molar-refractivity contribution in [2.75, 3.05) is 13.1 Å². The summed E-state index contributed by atoms with van der Waals surface area (Å²) in [6, 6.07) is 10.3. The summed E-state index contributed by atoms with van der Waals surface area (Å²) in [5, 5.41) is 19.6. The molecule has 1 amide bonds. The van der Waals surface area contributed by atoms with Gasteiger partial charge in [0, 0.05) is 13.1 Å². The molecule has 2 rings (SSSR count). The number of carbonyl (C=O) groups is 1. The Bertz CT molecular complexity index is 658. The number of aliphatic hydroxyl groups excluding tert-OH is 1. The van der Waals surface area contributed by atoms with Gasteiger partial charge in [0.25, 0.3) is 5.91 Å². The predicted molar refractivity (Wildman–Crippen MR) is 94.1 cm³/mol. The van der Waals surface area contributed by atoms with E-state index in [4.69, 9.17) is 0 Å². The van der Waals surface area contributed by atoms with Crippen LogP contribution < -0.4 is 0 Å². The zero-order valence-corrected chi connectivity index (χ0v) is 14.7. The molecular formula is C20H26N2O2. The number of likely N-dealkylation sites (tertiary alicyclic amines) is 1. The third kappa shape index (κ3) is 4.69. The molecule has 0 bridgehead atoms. The Morgan fingerprint density at radius 3 is 2.83 bits per heavy atom. The van der Waals surface area contributed by atoms with Gasteiger partial charge in [0.15, 0.2) is 0 Å². The van der Waals surface area contributed by atoms with Gasteiger partial charge in [-0.2, -0.15) is 5.26 Å². The van der Waals surface area contributed by atoms with E-state index in [-0.39, 0.29) is 23.3 Å². The number of allylic oxidation sites excluding steroid dienone is 1. The zero-order chi connectivity index (χ0) is 17.7. The Kier molecular flexibility index (Phi) is 6.16. The van der Waals surface area contributed by atoms with Crippen molar-refractivity contribution in [3.63, 3.8) is 0 Å². The molecule has 1 aromatic rings. The maximum Gasteiger partial charge on any atom is 0.264 e. The fourth-order valence-corrected chi connectivity index (χ4v) is 3.20. The van der Waals surface area contributed by atoms with E-state index in [1.807, 2.05) is 26.0 Å². The predicted octanol–water partition coefficient (Wildman–Crippen LogP) is 2.85. The fraction of sp³-hybridized carbons (Fsp3) is 0.500. The number of rotatable bonds is 4. The highest BCUT2D eigenvalue weighted by atomic mass is 16.3. The van der Waals surface area contributed by atoms with E-state index < -0.39 is 6.10 Å². The highest BCUT2D eigenvalue weighted by Gasteiger charge is 2.31. The van der Waals surface area contributed by atoms with Crippen LogP contribution >= 0.6 is 0 Å². The molecule has 1 N–H and O–H groups in total. The molecule has 1 fully saturated rings. The first-order chi connectivity index (χ1) is 11.4. The highest BCUT2D eigenvalue weighted by molar-refractivity contribution is 5.97. The lowest BCUT2D eigenvalue weighted by atomic mass is 9.87. The Morgan fingerprint density at radius 2 is 2.25 bits per heavy atom. The fourth-order valence-electron chi connectivity index (χ4n) is 3.20. The van der Waals surface area contributed by atoms with Crippen LogP contribution in [-0.4, -0.2) is 35.1 Å². The molecule has 1 saturated heterocycles. The van der Waals surface area contributed by atoms with Gasteiger partial charge in [-0.3, -0.25) is 4.79 Å². The summed E-state index contributed by atoms with van der Waals surface area (Å²) in [6.45, 7) is 6.82. The number of nitrogens with zero attached hydrogens (tertiary/aromatic N) is 2. The molecule has 0 saturated carbocycles. The van der Waals surface area contributed by atoms with E-state index in [1.54, 1.807) is 11.0 Å². The smallest absolute Gasteiger partial charge is 0.264 e. The van der Waals surface area contributed by atoms with Crippen LogP contribution in [0.15, 0.2) is 35.9 Å². The second-order valence-electron chi connectivity index (χ2n) is 7.00. The normalized spacial score (nSPS) is 21.7. The summed E-state index contributed by atoms with van der Waals surface area (Å²) in [7, 11) is 0. The molecule has 4 nitrogen and oxygen atoms in total. The minimum Gasteiger partial charge on any atom is -0.391 e. The van der Waals surface area contributed by atoms with E-state index >= 15 is 0 Å². The van der Waals surface area contributed by atoms with Gasteiger partial charge in [-0.25, -0.2) is 0 Å². The van der Waals surface area contributed by atoms with Gasteiger partial charge in [0.1, 0.15) is 11.6 Å². The molecule has 0 radical (unpaired) electrons. The molecule has 1 aliphatic heterocycles. The van der Waals surface area contributed by atoms with Gasteiger partial charge in [-0.05, 0) is 37.2 Å². The number of hydrogen-bond donors (Lipinski definition) is 1. The van der Waals surface area contributed by atoms with Gasteiger partial charge in [-0.15, -0.1) is 0 Å². The van der Waals surface area contributed by atoms with Crippen LogP contribution in [0.25, 0.3) is 0 Å². The van der Waals surface area contributed by atoms with Crippen molar-refractivity contribution >= 4 is 5.91 Å². The van der Waals surface area contributed by atoms with E-state index in [2.05, 4.69) is 25.1 Å². The lowest BCUT2D eigenvalue weighted by molar-refractivity contribution is -0.131. The third-order valence-corrected chi connectivity index (χ3v) is 4.44. The number of nitriles is 1. The summed E-state index contributed by atoms with van der Waals surface area (Å²) in [4.78, 5) is 14.1. The lowest BCUT2D eigenvalue weighted by Crippen LogP contribution is -2.47. The lowest BCUT2D eigenvalue weighted by Gasteiger charge is -2.36. The van der Waals surface area contributed by atoms with Crippen LogP contribution in [-0.2, 0) is 11.2 Å². The van der Waals surface area contributed by atoms with Crippen LogP contribution in [0.2, 0.25) is 0 Å². The van der Waals surface area contributed by atoms with Crippen molar-refractivity contribution in [3.05, 3.63) is 47.0 Å². The minimum absolute atomic E-state index is 0.146. The molecule has 0 aliphatic carbocycles. The van der Waals surface area contributed by atoms with Crippen LogP contribution in [0.5, 0.6) is 0 Å². The summed E-state index contributed by atoms with van der Waals surface area (Å²) < 4.78 is 0. The molecule has 1 aromatic carbocycles. The monoisotopic (exact) mass is 326 g/mol. The Hall–Kier alpha value is -2.12. The standard InChI is InChI=1S/C20H26N2O2/c1-14(2)9-18(12-21)20(24)22-8-7-17(19(23)13-22)11-16-6-4-5-15(3)10-16/h4-6,9-10,14,17,19,23H,7-8,11,13H2,1-3H3/b18-9+/t17-,19-/m1/s1. The third-order valence-electron chi connectivity index (χ3n) is 4.44. The number of amides is 1. The highest BCUT2D eigenvalue weighted by Crippen LogP contribution is 2.24. The quantitative estimate of drug-likeness (QED) is 0.683. The SMILES string of the molecule is Cc1cccc(C[C@H]2CCN(C(=O)/C(C#N)=C/C(C)C)C[C@H]2O)c1. The number of hydrogen-bond acceptors (Lipinski definition) is 3. The summed E-state index contributed by atoms with van der Waals surface area (Å²) in [6.07, 6.45) is 2.70. The number of aryl methyl sites for hydroxylation is 1. The number of aliphatic hydroxyl groups is 1. The molecule has 0 unspecified atom stereocenters. The average Bonchev–Trinajstić information content (AvgIpc) is 2.53. The molecule has 0 spiro atoms. The zero-order valence-electron chi connectivity index (χ0n) is 14.7. The summed E-state index contributed by atoms with van der Waals surface area (Å²) >= 11 is 0. The van der Waals surface area contributed by atoms with Crippen LogP contribution in [0, 0.1) is 30.1 Å². The van der Waals surface area contributed by atoms with E-state index in [0.29, 0.717) is 13.1 Å². The maximum atomic E-state index is 12.4. The van der Waals surface area contributed by atoms with Gasteiger partial charge in [0.2, 0.25) is 0 Å². The number of β-amino-alcohol motifs (C(OH)–C–C–N with tert-alkyl or cyclic N) is 1. The minimum atomic E-state index is -0.554. The molecule has 24 heavy (non-hydrogen) atoms. The second kappa shape index (κ2) is 8.12. The maximum absolute atomic E-state index is 12.4. The molecule has 1 aliphatic rings. The second-order valence-corrected chi connectivity index (χ2v) is 7.00. The molecule has 128 valence electrons. The Morgan fingerprint density at radius 1 is 1.50 bits per heavy atom. The van der Waals surface area contributed by atoms with E-state index in [0.717, 1.165) is 12.8 Å². The number of benzene rings is 1. The molecule has 4 heteroatoms. The van der Waals surface area contributed by atoms with Crippen molar-refractivity contribution in [1.29, 1.82) is 5.26 Å². The molecule has 2 atom stereocenters. The molecule has 0 aromatic heterocycles. The Balaban J connectivity index is 2.00. The van der Waals surface area contributed by atoms with Gasteiger partial charge in [-0.1, -0.05) is 49.8 Å². The van der Waals surface area contributed by atoms with Crippen molar-refractivity contribution < 1.29 is 9.90 Å². The van der Waals surface area contributed by atoms with Crippen molar-refractivity contribution in [2.24, 2.45) is 11.8 Å². The van der Waals surface area contributed by atoms with Crippen molar-refractivity contribution in [2.45, 2.75) is 39.7 Å². The molecular weight excluding hydrogens is 300 g/mol. The van der Waals surface area contributed by atoms with Gasteiger partial charge in [0.05, 0.1) is 6.10 Å². The topological polar surface area (TPSA) is 64.3 Å². The van der Waals surface area contributed by atoms with Crippen molar-refractivity contribution in [3.8, 4) is 6.07 Å².